The molecule has 0 amide bonds. The van der Waals surface area contributed by atoms with E-state index in [9.17, 15) is 4.39 Å². The average Bonchev–Trinajstić information content (AvgIpc) is 2.40. The third-order valence-electron chi connectivity index (χ3n) is 3.11. The fourth-order valence-electron chi connectivity index (χ4n) is 2.34. The quantitative estimate of drug-likeness (QED) is 0.895. The van der Waals surface area contributed by atoms with Gasteiger partial charge < -0.3 is 5.32 Å². The summed E-state index contributed by atoms with van der Waals surface area (Å²) in [6.07, 6.45) is 3.40. The molecular weight excluding hydrogens is 253 g/mol. The fraction of sp³-hybridized carbons (Fsp3) is 0.375. The molecule has 1 aromatic heterocycles. The third-order valence-corrected chi connectivity index (χ3v) is 3.11. The van der Waals surface area contributed by atoms with Crippen molar-refractivity contribution < 1.29 is 4.39 Å². The maximum absolute atomic E-state index is 13.6. The molecule has 1 aromatic carbocycles. The highest BCUT2D eigenvalue weighted by Gasteiger charge is 2.13. The first kappa shape index (κ1) is 14.4. The van der Waals surface area contributed by atoms with Crippen molar-refractivity contribution >= 4 is 5.82 Å². The molecule has 0 saturated carbocycles. The molecule has 2 aromatic rings. The van der Waals surface area contributed by atoms with Gasteiger partial charge in [-0.1, -0.05) is 13.3 Å². The van der Waals surface area contributed by atoms with Crippen LogP contribution in [0.25, 0.3) is 11.3 Å². The standard InChI is InChI=1S/C16H20FN3/c1-4-6-14-15(19-10-20-16(14)18-5-2)12-7-11(3)8-13(17)9-12/h7-10H,4-6H2,1-3H3,(H,18,19,20). The van der Waals surface area contributed by atoms with E-state index in [1.165, 1.54) is 18.5 Å². The minimum Gasteiger partial charge on any atom is -0.370 e. The average molecular weight is 273 g/mol. The van der Waals surface area contributed by atoms with Gasteiger partial charge in [-0.3, -0.25) is 0 Å². The Balaban J connectivity index is 2.56. The lowest BCUT2D eigenvalue weighted by Crippen LogP contribution is -2.06. The lowest BCUT2D eigenvalue weighted by atomic mass is 10.0. The second kappa shape index (κ2) is 6.46. The molecule has 0 radical (unpaired) electrons. The van der Waals surface area contributed by atoms with Crippen molar-refractivity contribution in [3.05, 3.63) is 41.5 Å². The van der Waals surface area contributed by atoms with E-state index in [0.717, 1.165) is 47.6 Å². The van der Waals surface area contributed by atoms with Crippen molar-refractivity contribution in [2.45, 2.75) is 33.6 Å². The van der Waals surface area contributed by atoms with E-state index in [0.29, 0.717) is 0 Å². The number of halogens is 1. The first-order chi connectivity index (χ1) is 9.65. The maximum Gasteiger partial charge on any atom is 0.133 e. The lowest BCUT2D eigenvalue weighted by Gasteiger charge is -2.13. The topological polar surface area (TPSA) is 37.8 Å². The van der Waals surface area contributed by atoms with Crippen molar-refractivity contribution in [3.63, 3.8) is 0 Å². The molecule has 0 aliphatic carbocycles. The van der Waals surface area contributed by atoms with Crippen LogP contribution in [0.3, 0.4) is 0 Å². The molecule has 2 rings (SSSR count). The second-order valence-corrected chi connectivity index (χ2v) is 4.85. The number of nitrogens with one attached hydrogen (secondary N) is 1. The first-order valence-electron chi connectivity index (χ1n) is 7.01. The number of aryl methyl sites for hydroxylation is 1. The van der Waals surface area contributed by atoms with Crippen molar-refractivity contribution in [2.24, 2.45) is 0 Å². The van der Waals surface area contributed by atoms with Crippen LogP contribution in [0.15, 0.2) is 24.5 Å². The zero-order valence-electron chi connectivity index (χ0n) is 12.2. The van der Waals surface area contributed by atoms with E-state index in [-0.39, 0.29) is 5.82 Å². The van der Waals surface area contributed by atoms with Gasteiger partial charge in [-0.05, 0) is 44.0 Å². The lowest BCUT2D eigenvalue weighted by molar-refractivity contribution is 0.627. The highest BCUT2D eigenvalue weighted by Crippen LogP contribution is 2.28. The molecule has 3 nitrogen and oxygen atoms in total. The van der Waals surface area contributed by atoms with E-state index >= 15 is 0 Å². The van der Waals surface area contributed by atoms with Crippen molar-refractivity contribution in [1.82, 2.24) is 9.97 Å². The van der Waals surface area contributed by atoms with Gasteiger partial charge in [-0.15, -0.1) is 0 Å². The van der Waals surface area contributed by atoms with Crippen molar-refractivity contribution in [3.8, 4) is 11.3 Å². The summed E-state index contributed by atoms with van der Waals surface area (Å²) in [6, 6.07) is 5.01. The predicted molar refractivity (Wildman–Crippen MR) is 80.3 cm³/mol. The number of anilines is 1. The van der Waals surface area contributed by atoms with Crippen molar-refractivity contribution in [1.29, 1.82) is 0 Å². The van der Waals surface area contributed by atoms with Gasteiger partial charge in [0.15, 0.2) is 0 Å². The van der Waals surface area contributed by atoms with Gasteiger partial charge in [0.25, 0.3) is 0 Å². The Kier molecular flexibility index (Phi) is 4.66. The van der Waals surface area contributed by atoms with Crippen molar-refractivity contribution in [2.75, 3.05) is 11.9 Å². The van der Waals surface area contributed by atoms with Gasteiger partial charge in [0.05, 0.1) is 5.69 Å². The van der Waals surface area contributed by atoms with Crippen LogP contribution >= 0.6 is 0 Å². The number of nitrogens with zero attached hydrogens (tertiary/aromatic N) is 2. The van der Waals surface area contributed by atoms with Crippen LogP contribution in [-0.2, 0) is 6.42 Å². The summed E-state index contributed by atoms with van der Waals surface area (Å²) in [5, 5.41) is 3.26. The highest BCUT2D eigenvalue weighted by atomic mass is 19.1. The van der Waals surface area contributed by atoms with Crippen LogP contribution in [0, 0.1) is 12.7 Å². The molecule has 0 atom stereocenters. The smallest absolute Gasteiger partial charge is 0.133 e. The maximum atomic E-state index is 13.6. The first-order valence-corrected chi connectivity index (χ1v) is 7.01. The predicted octanol–water partition coefficient (Wildman–Crippen LogP) is 3.98. The summed E-state index contributed by atoms with van der Waals surface area (Å²) in [6.45, 7) is 6.83. The van der Waals surface area contributed by atoms with E-state index in [1.54, 1.807) is 0 Å². The van der Waals surface area contributed by atoms with Crippen LogP contribution < -0.4 is 5.32 Å². The van der Waals surface area contributed by atoms with E-state index in [1.807, 2.05) is 19.9 Å². The molecule has 106 valence electrons. The van der Waals surface area contributed by atoms with Gasteiger partial charge in [0.1, 0.15) is 18.0 Å². The summed E-state index contributed by atoms with van der Waals surface area (Å²) in [4.78, 5) is 8.68. The van der Waals surface area contributed by atoms with Crippen LogP contribution in [-0.4, -0.2) is 16.5 Å². The molecule has 0 aliphatic rings. The van der Waals surface area contributed by atoms with E-state index in [4.69, 9.17) is 0 Å². The van der Waals surface area contributed by atoms with Gasteiger partial charge in [-0.2, -0.15) is 0 Å². The number of rotatable bonds is 5. The molecule has 0 fully saturated rings. The number of hydrogen-bond acceptors (Lipinski definition) is 3. The summed E-state index contributed by atoms with van der Waals surface area (Å²) in [5.41, 5.74) is 3.58. The molecule has 0 aliphatic heterocycles. The van der Waals surface area contributed by atoms with Gasteiger partial charge in [-0.25, -0.2) is 14.4 Å². The summed E-state index contributed by atoms with van der Waals surface area (Å²) < 4.78 is 13.6. The molecular formula is C16H20FN3. The summed E-state index contributed by atoms with van der Waals surface area (Å²) in [5.74, 6) is 0.618. The normalized spacial score (nSPS) is 10.6. The molecule has 0 saturated heterocycles. The summed E-state index contributed by atoms with van der Waals surface area (Å²) in [7, 11) is 0. The van der Waals surface area contributed by atoms with Crippen LogP contribution in [0.5, 0.6) is 0 Å². The monoisotopic (exact) mass is 273 g/mol. The Morgan fingerprint density at radius 2 is 1.95 bits per heavy atom. The zero-order valence-corrected chi connectivity index (χ0v) is 12.2. The van der Waals surface area contributed by atoms with E-state index < -0.39 is 0 Å². The molecule has 4 heteroatoms. The molecule has 1 N–H and O–H groups in total. The number of aromatic nitrogens is 2. The zero-order chi connectivity index (χ0) is 14.5. The third kappa shape index (κ3) is 3.13. The van der Waals surface area contributed by atoms with Gasteiger partial charge in [0, 0.05) is 17.7 Å². The fourth-order valence-corrected chi connectivity index (χ4v) is 2.34. The highest BCUT2D eigenvalue weighted by molar-refractivity contribution is 5.68. The minimum atomic E-state index is -0.230. The Morgan fingerprint density at radius 3 is 2.60 bits per heavy atom. The SMILES string of the molecule is CCCc1c(NCC)ncnc1-c1cc(C)cc(F)c1. The van der Waals surface area contributed by atoms with Crippen LogP contribution in [0.2, 0.25) is 0 Å². The van der Waals surface area contributed by atoms with Gasteiger partial charge >= 0.3 is 0 Å². The number of benzene rings is 1. The van der Waals surface area contributed by atoms with Crippen LogP contribution in [0.4, 0.5) is 10.2 Å². The van der Waals surface area contributed by atoms with Gasteiger partial charge in [0.2, 0.25) is 0 Å². The molecule has 0 unspecified atom stereocenters. The number of hydrogen-bond donors (Lipinski definition) is 1. The minimum absolute atomic E-state index is 0.230. The Labute approximate surface area is 119 Å². The molecule has 0 spiro atoms. The molecule has 20 heavy (non-hydrogen) atoms. The van der Waals surface area contributed by atoms with E-state index in [2.05, 4.69) is 22.2 Å². The Hall–Kier alpha value is -1.97. The largest absolute Gasteiger partial charge is 0.370 e. The Bertz CT molecular complexity index is 576. The molecule has 1 heterocycles. The Morgan fingerprint density at radius 1 is 1.15 bits per heavy atom. The second-order valence-electron chi connectivity index (χ2n) is 4.85. The molecule has 0 bridgehead atoms. The van der Waals surface area contributed by atoms with Crippen LogP contribution in [0.1, 0.15) is 31.4 Å². The summed E-state index contributed by atoms with van der Waals surface area (Å²) >= 11 is 0.